The van der Waals surface area contributed by atoms with Crippen LogP contribution in [0, 0.1) is 0 Å². The third kappa shape index (κ3) is 4.19. The normalized spacial score (nSPS) is 9.43. The van der Waals surface area contributed by atoms with Gasteiger partial charge in [-0.25, -0.2) is 0 Å². The zero-order valence-corrected chi connectivity index (χ0v) is 14.9. The Balaban J connectivity index is 0.000000774. The Morgan fingerprint density at radius 1 is 0.476 bits per heavy atom. The van der Waals surface area contributed by atoms with Crippen molar-refractivity contribution in [3.63, 3.8) is 0 Å². The molecule has 0 aliphatic heterocycles. The molecule has 0 aliphatic carbocycles. The van der Waals surface area contributed by atoms with Crippen LogP contribution in [0.1, 0.15) is 0 Å². The van der Waals surface area contributed by atoms with Crippen molar-refractivity contribution >= 4 is 30.5 Å². The monoisotopic (exact) mass is 382 g/mol. The molecule has 0 saturated heterocycles. The maximum absolute atomic E-state index is 8.25. The SMILES string of the molecule is C[O-].c1cc[c]([Sn+]([c]2ccccc2)[c]2ccccc2)cc1. The van der Waals surface area contributed by atoms with Crippen LogP contribution in [0.2, 0.25) is 0 Å². The zero-order chi connectivity index (χ0) is 14.9. The Morgan fingerprint density at radius 2 is 0.714 bits per heavy atom. The van der Waals surface area contributed by atoms with Gasteiger partial charge in [-0.3, -0.25) is 0 Å². The first-order valence-corrected chi connectivity index (χ1v) is 11.2. The van der Waals surface area contributed by atoms with Crippen LogP contribution in [-0.4, -0.2) is 26.9 Å². The Morgan fingerprint density at radius 3 is 0.952 bits per heavy atom. The van der Waals surface area contributed by atoms with Crippen molar-refractivity contribution in [2.45, 2.75) is 0 Å². The number of benzene rings is 3. The molecule has 0 amide bonds. The standard InChI is InChI=1S/3C6H5.CH3O.Sn/c3*1-2-4-6-5-3-1;1-2;/h3*1-5H;1H3;/q;;;-1;+1. The van der Waals surface area contributed by atoms with E-state index in [0.29, 0.717) is 0 Å². The molecule has 0 bridgehead atoms. The van der Waals surface area contributed by atoms with Gasteiger partial charge in [-0.05, 0) is 0 Å². The summed E-state index contributed by atoms with van der Waals surface area (Å²) in [5, 5.41) is 8.25. The van der Waals surface area contributed by atoms with Crippen molar-refractivity contribution in [2.75, 3.05) is 7.11 Å². The number of rotatable bonds is 3. The van der Waals surface area contributed by atoms with Crippen LogP contribution >= 0.6 is 0 Å². The predicted molar refractivity (Wildman–Crippen MR) is 89.9 cm³/mol. The minimum atomic E-state index is -1.98. The summed E-state index contributed by atoms with van der Waals surface area (Å²) in [5.74, 6) is 0. The fourth-order valence-electron chi connectivity index (χ4n) is 2.31. The summed E-state index contributed by atoms with van der Waals surface area (Å²) in [6.07, 6.45) is 0. The van der Waals surface area contributed by atoms with Gasteiger partial charge in [-0.2, -0.15) is 7.11 Å². The summed E-state index contributed by atoms with van der Waals surface area (Å²) in [6.45, 7) is 0. The van der Waals surface area contributed by atoms with E-state index in [9.17, 15) is 0 Å². The van der Waals surface area contributed by atoms with E-state index in [1.165, 1.54) is 10.7 Å². The number of hydrogen-bond acceptors (Lipinski definition) is 1. The van der Waals surface area contributed by atoms with Crippen LogP contribution in [0.5, 0.6) is 0 Å². The van der Waals surface area contributed by atoms with Crippen molar-refractivity contribution in [3.8, 4) is 0 Å². The molecule has 0 N–H and O–H groups in total. The molecule has 0 saturated carbocycles. The van der Waals surface area contributed by atoms with Gasteiger partial charge in [0.2, 0.25) is 0 Å². The predicted octanol–water partition coefficient (Wildman–Crippen LogP) is 1.18. The van der Waals surface area contributed by atoms with Crippen LogP contribution < -0.4 is 15.8 Å². The molecule has 3 rings (SSSR count). The van der Waals surface area contributed by atoms with Gasteiger partial charge in [0.05, 0.1) is 0 Å². The van der Waals surface area contributed by atoms with Crippen molar-refractivity contribution < 1.29 is 5.11 Å². The van der Waals surface area contributed by atoms with Gasteiger partial charge in [0.25, 0.3) is 0 Å². The van der Waals surface area contributed by atoms with Crippen LogP contribution in [0.15, 0.2) is 91.0 Å². The molecule has 0 spiro atoms. The van der Waals surface area contributed by atoms with E-state index >= 15 is 0 Å². The molecule has 0 heterocycles. The van der Waals surface area contributed by atoms with Gasteiger partial charge in [0.15, 0.2) is 0 Å². The zero-order valence-electron chi connectivity index (χ0n) is 12.1. The molecule has 0 unspecified atom stereocenters. The second-order valence-electron chi connectivity index (χ2n) is 4.47. The van der Waals surface area contributed by atoms with Gasteiger partial charge < -0.3 is 5.11 Å². The van der Waals surface area contributed by atoms with E-state index in [1.807, 2.05) is 0 Å². The number of hydrogen-bond donors (Lipinski definition) is 0. The second kappa shape index (κ2) is 8.65. The third-order valence-corrected chi connectivity index (χ3v) is 11.0. The first kappa shape index (κ1) is 15.8. The molecular formula is C19H18OSn. The summed E-state index contributed by atoms with van der Waals surface area (Å²) >= 11 is -1.98. The Labute approximate surface area is 133 Å². The summed E-state index contributed by atoms with van der Waals surface area (Å²) in [7, 11) is 0.750. The molecule has 0 radical (unpaired) electrons. The van der Waals surface area contributed by atoms with Gasteiger partial charge >= 0.3 is 121 Å². The average molecular weight is 381 g/mol. The van der Waals surface area contributed by atoms with E-state index in [2.05, 4.69) is 91.0 Å². The molecule has 2 heteroatoms. The summed E-state index contributed by atoms with van der Waals surface area (Å²) < 4.78 is 4.59. The molecule has 21 heavy (non-hydrogen) atoms. The van der Waals surface area contributed by atoms with E-state index in [4.69, 9.17) is 5.11 Å². The molecule has 3 aromatic carbocycles. The van der Waals surface area contributed by atoms with Gasteiger partial charge in [0, 0.05) is 0 Å². The van der Waals surface area contributed by atoms with Crippen molar-refractivity contribution in [1.29, 1.82) is 0 Å². The Bertz CT molecular complexity index is 530. The van der Waals surface area contributed by atoms with E-state index in [0.717, 1.165) is 7.11 Å². The molecule has 3 aromatic rings. The molecule has 0 atom stereocenters. The molecular weight excluding hydrogens is 363 g/mol. The van der Waals surface area contributed by atoms with Crippen molar-refractivity contribution in [3.05, 3.63) is 91.0 Å². The molecule has 0 aliphatic rings. The van der Waals surface area contributed by atoms with E-state index in [1.54, 1.807) is 0 Å². The van der Waals surface area contributed by atoms with Crippen molar-refractivity contribution in [2.24, 2.45) is 0 Å². The summed E-state index contributed by atoms with van der Waals surface area (Å²) in [5.41, 5.74) is 0. The quantitative estimate of drug-likeness (QED) is 0.626. The Kier molecular flexibility index (Phi) is 6.51. The van der Waals surface area contributed by atoms with E-state index < -0.39 is 19.8 Å². The van der Waals surface area contributed by atoms with Gasteiger partial charge in [-0.1, -0.05) is 0 Å². The maximum atomic E-state index is 8.25. The van der Waals surface area contributed by atoms with Crippen LogP contribution in [0.4, 0.5) is 0 Å². The van der Waals surface area contributed by atoms with Crippen LogP contribution in [0.25, 0.3) is 0 Å². The molecule has 0 fully saturated rings. The van der Waals surface area contributed by atoms with Gasteiger partial charge in [-0.15, -0.1) is 0 Å². The van der Waals surface area contributed by atoms with Crippen LogP contribution in [0.3, 0.4) is 0 Å². The summed E-state index contributed by atoms with van der Waals surface area (Å²) in [4.78, 5) is 0. The fourth-order valence-corrected chi connectivity index (χ4v) is 9.67. The fraction of sp³-hybridized carbons (Fsp3) is 0.0526. The molecule has 0 aromatic heterocycles. The first-order valence-electron chi connectivity index (χ1n) is 6.89. The van der Waals surface area contributed by atoms with E-state index in [-0.39, 0.29) is 0 Å². The molecule has 1 nitrogen and oxygen atoms in total. The minimum absolute atomic E-state index is 0.750. The third-order valence-electron chi connectivity index (χ3n) is 3.19. The van der Waals surface area contributed by atoms with Crippen molar-refractivity contribution in [1.82, 2.24) is 0 Å². The van der Waals surface area contributed by atoms with Crippen LogP contribution in [-0.2, 0) is 0 Å². The Hall–Kier alpha value is -1.58. The molecule has 104 valence electrons. The summed E-state index contributed by atoms with van der Waals surface area (Å²) in [6, 6.07) is 32.9. The average Bonchev–Trinajstić information content (AvgIpc) is 2.60. The second-order valence-corrected chi connectivity index (χ2v) is 11.6. The topological polar surface area (TPSA) is 23.1 Å². The first-order chi connectivity index (χ1) is 10.4. The van der Waals surface area contributed by atoms with Gasteiger partial charge in [0.1, 0.15) is 0 Å².